The fourth-order valence-corrected chi connectivity index (χ4v) is 12.4. The van der Waals surface area contributed by atoms with Crippen molar-refractivity contribution in [1.82, 2.24) is 20.0 Å². The van der Waals surface area contributed by atoms with Crippen LogP contribution < -0.4 is 27.4 Å². The minimum atomic E-state index is -2.70. The molecule has 3 fully saturated rings. The van der Waals surface area contributed by atoms with Crippen molar-refractivity contribution in [2.45, 2.75) is 68.7 Å². The second kappa shape index (κ2) is 22.5. The number of nitrogens with zero attached hydrogens (tertiary/aromatic N) is 3. The molecule has 4 amide bonds. The third-order valence-corrected chi connectivity index (χ3v) is 15.8. The van der Waals surface area contributed by atoms with Gasteiger partial charge in [0.05, 0.1) is 47.7 Å². The lowest BCUT2D eigenvalue weighted by molar-refractivity contribution is -0.155. The Morgan fingerprint density at radius 2 is 1.03 bits per heavy atom. The van der Waals surface area contributed by atoms with Gasteiger partial charge in [0.1, 0.15) is 45.7 Å². The maximum absolute atomic E-state index is 13.9. The van der Waals surface area contributed by atoms with Gasteiger partial charge in [-0.25, -0.2) is 0 Å². The molecule has 0 radical (unpaired) electrons. The zero-order valence-electron chi connectivity index (χ0n) is 43.2. The van der Waals surface area contributed by atoms with Crippen LogP contribution in [0.2, 0.25) is 0 Å². The summed E-state index contributed by atoms with van der Waals surface area (Å²) >= 11 is 0. The van der Waals surface area contributed by atoms with Gasteiger partial charge in [0, 0.05) is 23.0 Å². The molecule has 1 saturated heterocycles. The van der Waals surface area contributed by atoms with E-state index < -0.39 is 133 Å². The van der Waals surface area contributed by atoms with E-state index >= 15 is 0 Å². The summed E-state index contributed by atoms with van der Waals surface area (Å²) in [7, 11) is 6.17. The highest BCUT2D eigenvalue weighted by Gasteiger charge is 2.66. The van der Waals surface area contributed by atoms with Crippen molar-refractivity contribution in [3.63, 3.8) is 0 Å². The summed E-state index contributed by atoms with van der Waals surface area (Å²) < 4.78 is 0. The van der Waals surface area contributed by atoms with Crippen LogP contribution in [0.4, 0.5) is 11.4 Å². The van der Waals surface area contributed by atoms with Gasteiger partial charge < -0.3 is 68.3 Å². The number of ketones is 4. The number of rotatable bonds is 11. The normalized spacial score (nSPS) is 27.3. The number of Topliss-reactive ketones (excluding diaryl/α,β-unsaturated/α-hetero) is 4. The Kier molecular flexibility index (Phi) is 17.4. The second-order valence-corrected chi connectivity index (χ2v) is 20.8. The molecule has 1 aliphatic heterocycles. The molecule has 6 aliphatic carbocycles. The molecule has 7 aliphatic rings. The third-order valence-electron chi connectivity index (χ3n) is 15.8. The van der Waals surface area contributed by atoms with Crippen molar-refractivity contribution in [1.29, 1.82) is 0 Å². The Morgan fingerprint density at radius 3 is 1.38 bits per heavy atom. The number of benzene rings is 2. The van der Waals surface area contributed by atoms with Gasteiger partial charge in [-0.2, -0.15) is 0 Å². The average Bonchev–Trinajstić information content (AvgIpc) is 3.91. The molecule has 26 heteroatoms. The third kappa shape index (κ3) is 9.66. The van der Waals surface area contributed by atoms with Gasteiger partial charge in [0.25, 0.3) is 11.8 Å². The van der Waals surface area contributed by atoms with Gasteiger partial charge in [-0.05, 0) is 121 Å². The number of aliphatic hydroxyl groups excluding tert-OH is 4. The monoisotopic (exact) mass is 1130 g/mol. The number of anilines is 2. The molecule has 1 heterocycles. The number of hydrogen-bond acceptors (Lipinski definition) is 20. The van der Waals surface area contributed by atoms with Crippen molar-refractivity contribution in [3.8, 4) is 11.5 Å². The number of phenolic OH excluding ortho intramolecular Hbond substituents is 2. The van der Waals surface area contributed by atoms with Gasteiger partial charge in [0.2, 0.25) is 23.4 Å². The minimum absolute atomic E-state index is 0. The Labute approximate surface area is 459 Å². The Morgan fingerprint density at radius 1 is 0.641 bits per heavy atom. The molecule has 6 unspecified atom stereocenters. The Hall–Kier alpha value is -6.90. The maximum Gasteiger partial charge on any atom is 0.255 e. The van der Waals surface area contributed by atoms with Crippen molar-refractivity contribution in [2.75, 3.05) is 71.5 Å². The highest BCUT2D eigenvalue weighted by Crippen LogP contribution is 2.55. The zero-order chi connectivity index (χ0) is 55.8. The molecule has 24 nitrogen and oxygen atoms in total. The lowest BCUT2D eigenvalue weighted by Gasteiger charge is -2.50. The van der Waals surface area contributed by atoms with Crippen molar-refractivity contribution < 1.29 is 79.2 Å². The number of hydrogen-bond donors (Lipinski definition) is 13. The predicted molar refractivity (Wildman–Crippen MR) is 284 cm³/mol. The minimum Gasteiger partial charge on any atom is -0.508 e. The number of aromatic hydroxyl groups is 2. The van der Waals surface area contributed by atoms with Crippen LogP contribution in [0.15, 0.2) is 58.1 Å². The van der Waals surface area contributed by atoms with Crippen molar-refractivity contribution in [2.24, 2.45) is 35.1 Å². The van der Waals surface area contributed by atoms with E-state index in [4.69, 9.17) is 11.5 Å². The fraction of sp³-hybridized carbons (Fsp3) is 0.462. The number of likely N-dealkylation sites (tertiary alicyclic amines) is 1. The van der Waals surface area contributed by atoms with Crippen LogP contribution >= 0.6 is 24.8 Å². The summed E-state index contributed by atoms with van der Waals surface area (Å²) in [6.07, 6.45) is 2.40. The van der Waals surface area contributed by atoms with Crippen molar-refractivity contribution >= 4 is 94.5 Å². The molecule has 2 aromatic carbocycles. The number of amides is 4. The molecule has 78 heavy (non-hydrogen) atoms. The molecule has 0 aromatic heterocycles. The fourth-order valence-electron chi connectivity index (χ4n) is 12.4. The summed E-state index contributed by atoms with van der Waals surface area (Å²) in [5, 5.41) is 97.4. The van der Waals surface area contributed by atoms with Gasteiger partial charge in [-0.1, -0.05) is 19.1 Å². The highest BCUT2D eigenvalue weighted by molar-refractivity contribution is 6.26. The number of carbonyl (C=O) groups is 8. The molecular weight excluding hydrogens is 1060 g/mol. The van der Waals surface area contributed by atoms with E-state index in [1.165, 1.54) is 36.0 Å². The largest absolute Gasteiger partial charge is 0.508 e. The van der Waals surface area contributed by atoms with Crippen molar-refractivity contribution in [3.05, 3.63) is 80.3 Å². The average molecular weight is 1130 g/mol. The first kappa shape index (κ1) is 60.3. The molecule has 2 saturated carbocycles. The number of phenols is 2. The van der Waals surface area contributed by atoms with E-state index in [0.717, 1.165) is 25.9 Å². The topological polar surface area (TPSA) is 396 Å². The number of fused-ring (bicyclic) bond motifs is 6. The molecule has 9 rings (SSSR count). The van der Waals surface area contributed by atoms with Crippen LogP contribution in [0.5, 0.6) is 11.5 Å². The molecule has 0 spiro atoms. The van der Waals surface area contributed by atoms with Gasteiger partial charge >= 0.3 is 0 Å². The molecule has 2 aromatic rings. The maximum atomic E-state index is 13.9. The standard InChI is InChI=1S/C27H32N4O8.C25H30N4O8.2ClH/c1-30(2)20-14-10-13-9-12-5-6-15(29-16(32)11-31-7-3-4-8-31)21(33)17(12)22(34)18(13)24(36)27(14,39)25(37)19(23(20)35)26(28)38;1-4-27-9-14(30)28-13-6-5-10-7-11-8-12-18(29(2)3)21(33)17(24(26)36)23(35)25(12,37)22(34)16(11)20(32)15(10)19(13)31;;/h5-6,13-14,20,33-34,37,39H,3-4,7-11H2,1-2H3,(H2,28,38)(H,29,32);5-6,11-12,18,27,31-32,35,37H,4,7-9H2,1-3H3,(H2,26,36)(H,28,30);2*1H/t13?,14?,20-,27?;11?,12?,18-,25?;;/m00../s1. The van der Waals surface area contributed by atoms with Crippen LogP contribution in [0.1, 0.15) is 54.9 Å². The Balaban J connectivity index is 0.000000246. The first-order valence-electron chi connectivity index (χ1n) is 24.8. The highest BCUT2D eigenvalue weighted by atomic mass is 35.5. The molecule has 422 valence electrons. The molecule has 15 N–H and O–H groups in total. The Bertz CT molecular complexity index is 3060. The van der Waals surface area contributed by atoms with Gasteiger partial charge in [-0.15, -0.1) is 24.8 Å². The summed E-state index contributed by atoms with van der Waals surface area (Å²) in [5.74, 6) is -15.1. The SMILES string of the molecule is CCNCC(=O)Nc1ccc2c(c1O)C(O)=C1C(=O)C3(O)C(O)=C(C(N)=O)C(=O)[C@@H](N(C)C)C3CC1C2.CN(C)[C@@H]1C(=O)C(C(N)=O)=C(O)C2(O)C(=O)C3=C(O)c4c(ccc(NC(=O)CN5CCCC5)c4O)CC3CC12.Cl.Cl. The van der Waals surface area contributed by atoms with E-state index in [9.17, 15) is 79.2 Å². The first-order valence-corrected chi connectivity index (χ1v) is 24.8. The second-order valence-electron chi connectivity index (χ2n) is 20.8. The van der Waals surface area contributed by atoms with Gasteiger partial charge in [0.15, 0.2) is 22.8 Å². The van der Waals surface area contributed by atoms with E-state index in [-0.39, 0.29) is 103 Å². The van der Waals surface area contributed by atoms with Crippen LogP contribution in [0, 0.1) is 23.7 Å². The molecular formula is C52H64Cl2N8O16. The summed E-state index contributed by atoms with van der Waals surface area (Å²) in [6.45, 7) is 4.15. The number of primary amides is 2. The lowest BCUT2D eigenvalue weighted by atomic mass is 9.57. The van der Waals surface area contributed by atoms with Gasteiger partial charge in [-0.3, -0.25) is 53.1 Å². The smallest absolute Gasteiger partial charge is 0.255 e. The first-order chi connectivity index (χ1) is 35.7. The van der Waals surface area contributed by atoms with E-state index in [1.54, 1.807) is 26.2 Å². The van der Waals surface area contributed by atoms with E-state index in [1.807, 2.05) is 11.8 Å². The lowest BCUT2D eigenvalue weighted by Crippen LogP contribution is -2.65. The van der Waals surface area contributed by atoms with E-state index in [0.29, 0.717) is 17.7 Å². The summed E-state index contributed by atoms with van der Waals surface area (Å²) in [6, 6.07) is 3.97. The number of likely N-dealkylation sites (N-methyl/N-ethyl adjacent to an activating group) is 3. The number of halogens is 2. The van der Waals surface area contributed by atoms with E-state index in [2.05, 4.69) is 16.0 Å². The van der Waals surface area contributed by atoms with Crippen LogP contribution in [0.3, 0.4) is 0 Å². The molecule has 0 bridgehead atoms. The number of aliphatic hydroxyl groups is 6. The number of nitrogens with one attached hydrogen (secondary N) is 3. The number of carbonyl (C=O) groups excluding carboxylic acids is 8. The molecule has 8 atom stereocenters. The number of nitrogens with two attached hydrogens (primary N) is 2. The van der Waals surface area contributed by atoms with Crippen LogP contribution in [0.25, 0.3) is 11.5 Å². The summed E-state index contributed by atoms with van der Waals surface area (Å²) in [4.78, 5) is 107. The van der Waals surface area contributed by atoms with Crippen LogP contribution in [-0.4, -0.2) is 187 Å². The quantitative estimate of drug-likeness (QED) is 0.107. The van der Waals surface area contributed by atoms with Crippen LogP contribution in [-0.2, 0) is 51.2 Å². The zero-order valence-corrected chi connectivity index (χ0v) is 44.8. The predicted octanol–water partition coefficient (Wildman–Crippen LogP) is 0.354. The summed E-state index contributed by atoms with van der Waals surface area (Å²) in [5.41, 5.74) is 3.97.